The second-order valence-electron chi connectivity index (χ2n) is 8.63. The summed E-state index contributed by atoms with van der Waals surface area (Å²) in [6.07, 6.45) is 0.0846. The molecule has 2 atom stereocenters. The monoisotopic (exact) mass is 389 g/mol. The van der Waals surface area contributed by atoms with Crippen LogP contribution in [-0.2, 0) is 10.2 Å². The van der Waals surface area contributed by atoms with Crippen molar-refractivity contribution >= 4 is 16.7 Å². The first-order valence-electron chi connectivity index (χ1n) is 10.3. The van der Waals surface area contributed by atoms with E-state index in [0.29, 0.717) is 12.2 Å². The summed E-state index contributed by atoms with van der Waals surface area (Å²) in [5, 5.41) is 5.36. The van der Waals surface area contributed by atoms with E-state index in [1.807, 2.05) is 50.2 Å². The van der Waals surface area contributed by atoms with Gasteiger partial charge in [-0.25, -0.2) is 0 Å². The number of hydrogen-bond acceptors (Lipinski definition) is 2. The number of amides is 1. The van der Waals surface area contributed by atoms with Crippen molar-refractivity contribution in [1.29, 1.82) is 0 Å². The number of nitrogens with one attached hydrogen (secondary N) is 1. The largest absolute Gasteiger partial charge is 0.481 e. The maximum atomic E-state index is 12.8. The quantitative estimate of drug-likeness (QED) is 0.547. The van der Waals surface area contributed by atoms with Crippen molar-refractivity contribution in [3.05, 3.63) is 77.9 Å². The Hall–Kier alpha value is -2.81. The van der Waals surface area contributed by atoms with Crippen molar-refractivity contribution in [2.45, 2.75) is 58.6 Å². The van der Waals surface area contributed by atoms with Crippen LogP contribution in [0.15, 0.2) is 66.7 Å². The van der Waals surface area contributed by atoms with E-state index in [-0.39, 0.29) is 17.4 Å². The molecule has 0 radical (unpaired) electrons. The van der Waals surface area contributed by atoms with E-state index in [4.69, 9.17) is 4.74 Å². The number of carbonyl (C=O) groups excluding carboxylic acids is 1. The van der Waals surface area contributed by atoms with Gasteiger partial charge in [0.2, 0.25) is 0 Å². The standard InChI is InChI=1S/C26H31NO2/c1-6-24(29-23-16-13-20-9-7-8-10-21(20)17-23)25(28)27-18(2)19-11-14-22(15-12-19)26(3,4)5/h7-18,24H,6H2,1-5H3,(H,27,28)/t18-,24+/m0/s1. The zero-order chi connectivity index (χ0) is 21.0. The molecule has 0 aromatic heterocycles. The van der Waals surface area contributed by atoms with Crippen molar-refractivity contribution in [3.63, 3.8) is 0 Å². The zero-order valence-electron chi connectivity index (χ0n) is 18.0. The molecule has 0 heterocycles. The highest BCUT2D eigenvalue weighted by atomic mass is 16.5. The van der Waals surface area contributed by atoms with E-state index in [9.17, 15) is 4.79 Å². The van der Waals surface area contributed by atoms with Gasteiger partial charge >= 0.3 is 0 Å². The zero-order valence-corrected chi connectivity index (χ0v) is 18.0. The van der Waals surface area contributed by atoms with E-state index in [2.05, 4.69) is 56.4 Å². The fourth-order valence-corrected chi connectivity index (χ4v) is 3.39. The molecule has 1 amide bonds. The Kier molecular flexibility index (Phi) is 6.26. The minimum absolute atomic E-state index is 0.0780. The molecule has 0 unspecified atom stereocenters. The number of rotatable bonds is 6. The van der Waals surface area contributed by atoms with Crippen molar-refractivity contribution in [2.24, 2.45) is 0 Å². The Morgan fingerprint density at radius 3 is 2.24 bits per heavy atom. The summed E-state index contributed by atoms with van der Waals surface area (Å²) in [5.74, 6) is 0.626. The predicted octanol–water partition coefficient (Wildman–Crippen LogP) is 6.17. The SMILES string of the molecule is CC[C@@H](Oc1ccc2ccccc2c1)C(=O)N[C@@H](C)c1ccc(C(C)(C)C)cc1. The molecular weight excluding hydrogens is 358 g/mol. The lowest BCUT2D eigenvalue weighted by molar-refractivity contribution is -0.128. The van der Waals surface area contributed by atoms with Crippen molar-refractivity contribution in [2.75, 3.05) is 0 Å². The minimum Gasteiger partial charge on any atom is -0.481 e. The van der Waals surface area contributed by atoms with Crippen molar-refractivity contribution in [3.8, 4) is 5.75 Å². The first kappa shape index (κ1) is 20.9. The van der Waals surface area contributed by atoms with E-state index < -0.39 is 6.10 Å². The summed E-state index contributed by atoms with van der Waals surface area (Å²) in [7, 11) is 0. The normalized spacial score (nSPS) is 13.7. The van der Waals surface area contributed by atoms with Gasteiger partial charge in [-0.3, -0.25) is 4.79 Å². The van der Waals surface area contributed by atoms with E-state index in [1.54, 1.807) is 0 Å². The third-order valence-electron chi connectivity index (χ3n) is 5.30. The van der Waals surface area contributed by atoms with Gasteiger partial charge < -0.3 is 10.1 Å². The van der Waals surface area contributed by atoms with Gasteiger partial charge in [-0.15, -0.1) is 0 Å². The number of benzene rings is 3. The van der Waals surface area contributed by atoms with E-state index in [0.717, 1.165) is 16.3 Å². The van der Waals surface area contributed by atoms with Crippen molar-refractivity contribution < 1.29 is 9.53 Å². The van der Waals surface area contributed by atoms with Crippen LogP contribution in [0.25, 0.3) is 10.8 Å². The molecule has 0 spiro atoms. The second kappa shape index (κ2) is 8.69. The van der Waals surface area contributed by atoms with Crippen LogP contribution in [0.4, 0.5) is 0 Å². The smallest absolute Gasteiger partial charge is 0.261 e. The first-order valence-corrected chi connectivity index (χ1v) is 10.3. The third kappa shape index (κ3) is 5.17. The number of hydrogen-bond donors (Lipinski definition) is 1. The summed E-state index contributed by atoms with van der Waals surface area (Å²) in [5.41, 5.74) is 2.49. The van der Waals surface area contributed by atoms with Crippen LogP contribution in [0.5, 0.6) is 5.75 Å². The van der Waals surface area contributed by atoms with Gasteiger partial charge in [0, 0.05) is 0 Å². The molecule has 29 heavy (non-hydrogen) atoms. The van der Waals surface area contributed by atoms with E-state index in [1.165, 1.54) is 5.56 Å². The molecule has 0 aliphatic carbocycles. The molecule has 0 saturated carbocycles. The average molecular weight is 390 g/mol. The second-order valence-corrected chi connectivity index (χ2v) is 8.63. The van der Waals surface area contributed by atoms with Crippen LogP contribution < -0.4 is 10.1 Å². The van der Waals surface area contributed by atoms with Gasteiger partial charge in [0.15, 0.2) is 6.10 Å². The maximum Gasteiger partial charge on any atom is 0.261 e. The van der Waals surface area contributed by atoms with Crippen LogP contribution in [-0.4, -0.2) is 12.0 Å². The Balaban J connectivity index is 1.67. The molecule has 0 fully saturated rings. The van der Waals surface area contributed by atoms with Gasteiger partial charge in [-0.1, -0.05) is 82.3 Å². The Morgan fingerprint density at radius 1 is 0.966 bits per heavy atom. The molecule has 3 aromatic rings. The van der Waals surface area contributed by atoms with Gasteiger partial charge in [-0.05, 0) is 52.8 Å². The molecule has 152 valence electrons. The molecule has 0 aliphatic rings. The van der Waals surface area contributed by atoms with Gasteiger partial charge in [0.25, 0.3) is 5.91 Å². The van der Waals surface area contributed by atoms with E-state index >= 15 is 0 Å². The molecule has 0 aliphatic heterocycles. The van der Waals surface area contributed by atoms with Crippen LogP contribution in [0.1, 0.15) is 58.2 Å². The molecular formula is C26H31NO2. The Labute approximate surface area is 174 Å². The lowest BCUT2D eigenvalue weighted by Gasteiger charge is -2.22. The van der Waals surface area contributed by atoms with Crippen LogP contribution in [0.3, 0.4) is 0 Å². The fourth-order valence-electron chi connectivity index (χ4n) is 3.39. The predicted molar refractivity (Wildman–Crippen MR) is 120 cm³/mol. The number of carbonyl (C=O) groups is 1. The number of ether oxygens (including phenoxy) is 1. The average Bonchev–Trinajstić information content (AvgIpc) is 2.71. The molecule has 3 aromatic carbocycles. The lowest BCUT2D eigenvalue weighted by Crippen LogP contribution is -2.39. The summed E-state index contributed by atoms with van der Waals surface area (Å²) in [4.78, 5) is 12.8. The van der Waals surface area contributed by atoms with Crippen LogP contribution in [0.2, 0.25) is 0 Å². The highest BCUT2D eigenvalue weighted by Gasteiger charge is 2.21. The lowest BCUT2D eigenvalue weighted by atomic mass is 9.86. The molecule has 1 N–H and O–H groups in total. The molecule has 0 saturated heterocycles. The van der Waals surface area contributed by atoms with Gasteiger partial charge in [-0.2, -0.15) is 0 Å². The van der Waals surface area contributed by atoms with Gasteiger partial charge in [0.05, 0.1) is 6.04 Å². The Morgan fingerprint density at radius 2 is 1.62 bits per heavy atom. The van der Waals surface area contributed by atoms with Gasteiger partial charge in [0.1, 0.15) is 5.75 Å². The summed E-state index contributed by atoms with van der Waals surface area (Å²) >= 11 is 0. The summed E-state index contributed by atoms with van der Waals surface area (Å²) < 4.78 is 6.02. The topological polar surface area (TPSA) is 38.3 Å². The third-order valence-corrected chi connectivity index (χ3v) is 5.30. The molecule has 0 bridgehead atoms. The highest BCUT2D eigenvalue weighted by molar-refractivity contribution is 5.84. The van der Waals surface area contributed by atoms with Crippen LogP contribution in [0, 0.1) is 0 Å². The fraction of sp³-hybridized carbons (Fsp3) is 0.346. The molecule has 3 heteroatoms. The first-order chi connectivity index (χ1) is 13.8. The molecule has 3 nitrogen and oxygen atoms in total. The maximum absolute atomic E-state index is 12.8. The highest BCUT2D eigenvalue weighted by Crippen LogP contribution is 2.25. The summed E-state index contributed by atoms with van der Waals surface area (Å²) in [6, 6.07) is 22.5. The van der Waals surface area contributed by atoms with Crippen molar-refractivity contribution in [1.82, 2.24) is 5.32 Å². The van der Waals surface area contributed by atoms with Crippen LogP contribution >= 0.6 is 0 Å². The minimum atomic E-state index is -0.521. The Bertz CT molecular complexity index is 970. The molecule has 3 rings (SSSR count). The number of fused-ring (bicyclic) bond motifs is 1. The summed E-state index contributed by atoms with van der Waals surface area (Å²) in [6.45, 7) is 10.6.